The number of aliphatic imine (C=N–C) groups is 1. The molecule has 0 bridgehead atoms. The number of hydrogen-bond donors (Lipinski definition) is 4. The number of nitrogens with two attached hydrogens (primary N) is 1. The lowest BCUT2D eigenvalue weighted by Crippen LogP contribution is -2.46. The van der Waals surface area contributed by atoms with Crippen LogP contribution in [0.5, 0.6) is 0 Å². The zero-order valence-electron chi connectivity index (χ0n) is 10.6. The van der Waals surface area contributed by atoms with Gasteiger partial charge in [-0.2, -0.15) is 0 Å². The topological polar surface area (TPSA) is 109 Å². The minimum Gasteiger partial charge on any atom is -0.464 e. The highest BCUT2D eigenvalue weighted by molar-refractivity contribution is 6.30. The van der Waals surface area contributed by atoms with Gasteiger partial charge in [0.25, 0.3) is 0 Å². The summed E-state index contributed by atoms with van der Waals surface area (Å²) in [5.74, 6) is 4.65. The molecule has 0 saturated heterocycles. The van der Waals surface area contributed by atoms with E-state index in [9.17, 15) is 9.90 Å². The molecule has 0 fully saturated rings. The molecule has 106 valence electrons. The predicted octanol–water partition coefficient (Wildman–Crippen LogP) is -0.0350. The summed E-state index contributed by atoms with van der Waals surface area (Å²) in [4.78, 5) is 15.7. The van der Waals surface area contributed by atoms with Crippen molar-refractivity contribution in [2.75, 3.05) is 7.11 Å². The van der Waals surface area contributed by atoms with Gasteiger partial charge in [-0.15, -0.1) is 0 Å². The van der Waals surface area contributed by atoms with Crippen LogP contribution in [0.4, 0.5) is 0 Å². The Balaban J connectivity index is 2.50. The molecule has 0 amide bonds. The van der Waals surface area contributed by atoms with Gasteiger partial charge in [0.2, 0.25) is 5.96 Å². The molecule has 0 spiro atoms. The number of carbonyl (C=O) groups excluding carboxylic acids is 1. The number of hydrazine groups is 1. The smallest absolute Gasteiger partial charge is 0.355 e. The summed E-state index contributed by atoms with van der Waals surface area (Å²) in [5.41, 5.74) is 3.18. The third-order valence-corrected chi connectivity index (χ3v) is 2.96. The van der Waals surface area contributed by atoms with Crippen LogP contribution in [0.15, 0.2) is 35.0 Å². The summed E-state index contributed by atoms with van der Waals surface area (Å²) in [6.45, 7) is 0. The summed E-state index contributed by atoms with van der Waals surface area (Å²) < 4.78 is 4.69. The summed E-state index contributed by atoms with van der Waals surface area (Å²) in [6, 6.07) is 6.63. The van der Waals surface area contributed by atoms with E-state index in [4.69, 9.17) is 17.4 Å². The van der Waals surface area contributed by atoms with E-state index in [-0.39, 0.29) is 17.2 Å². The zero-order valence-corrected chi connectivity index (χ0v) is 11.3. The van der Waals surface area contributed by atoms with Crippen LogP contribution in [0, 0.1) is 0 Å². The van der Waals surface area contributed by atoms with Crippen molar-refractivity contribution in [2.24, 2.45) is 10.8 Å². The van der Waals surface area contributed by atoms with E-state index >= 15 is 0 Å². The largest absolute Gasteiger partial charge is 0.464 e. The van der Waals surface area contributed by atoms with Crippen molar-refractivity contribution in [3.63, 3.8) is 0 Å². The summed E-state index contributed by atoms with van der Waals surface area (Å²) in [7, 11) is 1.24. The third kappa shape index (κ3) is 2.74. The molecular formula is C12H13ClN4O3. The first kappa shape index (κ1) is 14.3. The van der Waals surface area contributed by atoms with Gasteiger partial charge in [0.1, 0.15) is 5.70 Å². The molecule has 1 heterocycles. The van der Waals surface area contributed by atoms with E-state index in [0.717, 1.165) is 0 Å². The van der Waals surface area contributed by atoms with Crippen LogP contribution < -0.4 is 16.6 Å². The van der Waals surface area contributed by atoms with Gasteiger partial charge in [-0.25, -0.2) is 15.6 Å². The Labute approximate surface area is 120 Å². The van der Waals surface area contributed by atoms with Gasteiger partial charge in [-0.3, -0.25) is 5.43 Å². The van der Waals surface area contributed by atoms with E-state index < -0.39 is 12.2 Å². The van der Waals surface area contributed by atoms with Gasteiger partial charge in [0.05, 0.1) is 7.11 Å². The van der Waals surface area contributed by atoms with Crippen LogP contribution in [0.3, 0.4) is 0 Å². The van der Waals surface area contributed by atoms with E-state index in [1.54, 1.807) is 24.3 Å². The Bertz CT molecular complexity index is 583. The molecule has 1 aromatic rings. The fourth-order valence-corrected chi connectivity index (χ4v) is 1.92. The van der Waals surface area contributed by atoms with E-state index in [1.165, 1.54) is 7.11 Å². The van der Waals surface area contributed by atoms with Crippen molar-refractivity contribution < 1.29 is 14.6 Å². The highest BCUT2D eigenvalue weighted by atomic mass is 35.5. The number of aliphatic hydroxyl groups is 1. The number of rotatable bonds is 2. The Morgan fingerprint density at radius 1 is 1.50 bits per heavy atom. The fraction of sp³-hybridized carbons (Fsp3) is 0.167. The van der Waals surface area contributed by atoms with Crippen molar-refractivity contribution in [1.82, 2.24) is 10.7 Å². The lowest BCUT2D eigenvalue weighted by atomic mass is 10.0. The van der Waals surface area contributed by atoms with Gasteiger partial charge < -0.3 is 15.2 Å². The molecule has 0 unspecified atom stereocenters. The number of benzene rings is 1. The number of nitrogens with zero attached hydrogens (tertiary/aromatic N) is 1. The molecule has 0 radical (unpaired) electrons. The standard InChI is InChI=1S/C12H13ClN4O3/c1-20-11(19)9-8(6-2-4-7(13)5-3-6)10(18)16-12(15-9)17-14/h2-5,10,18H,14H2,1H3,(H2,15,16,17)/t10-/m0/s1. The van der Waals surface area contributed by atoms with E-state index in [2.05, 4.69) is 20.5 Å². The molecule has 2 rings (SSSR count). The highest BCUT2D eigenvalue weighted by Crippen LogP contribution is 2.26. The molecule has 1 aliphatic heterocycles. The lowest BCUT2D eigenvalue weighted by molar-refractivity contribution is -0.136. The molecule has 0 aliphatic carbocycles. The Hall–Kier alpha value is -2.09. The van der Waals surface area contributed by atoms with Crippen molar-refractivity contribution in [3.05, 3.63) is 40.5 Å². The number of aliphatic hydroxyl groups excluding tert-OH is 1. The minimum absolute atomic E-state index is 0.0604. The molecule has 1 aliphatic rings. The summed E-state index contributed by atoms with van der Waals surface area (Å²) in [6.07, 6.45) is -1.25. The number of halogens is 1. The van der Waals surface area contributed by atoms with Crippen LogP contribution >= 0.6 is 11.6 Å². The molecule has 5 N–H and O–H groups in total. The quantitative estimate of drug-likeness (QED) is 0.346. The second-order valence-electron chi connectivity index (χ2n) is 3.91. The normalized spacial score (nSPS) is 18.2. The first-order valence-electron chi connectivity index (χ1n) is 5.64. The lowest BCUT2D eigenvalue weighted by Gasteiger charge is -2.23. The second-order valence-corrected chi connectivity index (χ2v) is 4.34. The molecule has 1 atom stereocenters. The SMILES string of the molecule is COC(=O)C1=C(c2ccc(Cl)cc2)[C@H](O)N=C(NN)N1. The van der Waals surface area contributed by atoms with E-state index in [1.807, 2.05) is 0 Å². The van der Waals surface area contributed by atoms with Gasteiger partial charge in [-0.05, 0) is 17.7 Å². The maximum Gasteiger partial charge on any atom is 0.355 e. The number of esters is 1. The second kappa shape index (κ2) is 5.91. The van der Waals surface area contributed by atoms with Crippen molar-refractivity contribution in [2.45, 2.75) is 6.23 Å². The van der Waals surface area contributed by atoms with Gasteiger partial charge >= 0.3 is 5.97 Å². The number of hydrogen-bond acceptors (Lipinski definition) is 7. The maximum absolute atomic E-state index is 11.8. The average Bonchev–Trinajstić information content (AvgIpc) is 2.46. The minimum atomic E-state index is -1.25. The monoisotopic (exact) mass is 296 g/mol. The molecular weight excluding hydrogens is 284 g/mol. The number of methoxy groups -OCH3 is 1. The molecule has 0 saturated carbocycles. The van der Waals surface area contributed by atoms with E-state index in [0.29, 0.717) is 10.6 Å². The fourth-order valence-electron chi connectivity index (χ4n) is 1.79. The van der Waals surface area contributed by atoms with Gasteiger partial charge in [-0.1, -0.05) is 23.7 Å². The first-order chi connectivity index (χ1) is 9.56. The summed E-state index contributed by atoms with van der Waals surface area (Å²) in [5, 5.41) is 13.3. The van der Waals surface area contributed by atoms with Crippen LogP contribution in [-0.2, 0) is 9.53 Å². The number of guanidine groups is 1. The van der Waals surface area contributed by atoms with Crippen molar-refractivity contribution in [3.8, 4) is 0 Å². The Morgan fingerprint density at radius 2 is 2.15 bits per heavy atom. The Kier molecular flexibility index (Phi) is 4.23. The van der Waals surface area contributed by atoms with Crippen LogP contribution in [0.25, 0.3) is 5.57 Å². The third-order valence-electron chi connectivity index (χ3n) is 2.70. The first-order valence-corrected chi connectivity index (χ1v) is 6.02. The number of carbonyl (C=O) groups is 1. The van der Waals surface area contributed by atoms with Crippen molar-refractivity contribution >= 4 is 29.1 Å². The molecule has 8 heteroatoms. The molecule has 0 aromatic heterocycles. The zero-order chi connectivity index (χ0) is 14.7. The van der Waals surface area contributed by atoms with Gasteiger partial charge in [0.15, 0.2) is 6.23 Å². The molecule has 20 heavy (non-hydrogen) atoms. The average molecular weight is 297 g/mol. The van der Waals surface area contributed by atoms with Crippen LogP contribution in [0.1, 0.15) is 5.56 Å². The highest BCUT2D eigenvalue weighted by Gasteiger charge is 2.28. The van der Waals surface area contributed by atoms with Crippen LogP contribution in [-0.4, -0.2) is 30.4 Å². The predicted molar refractivity (Wildman–Crippen MR) is 74.3 cm³/mol. The maximum atomic E-state index is 11.8. The molecule has 7 nitrogen and oxygen atoms in total. The molecule has 1 aromatic carbocycles. The van der Waals surface area contributed by atoms with Crippen molar-refractivity contribution in [1.29, 1.82) is 0 Å². The Morgan fingerprint density at radius 3 is 2.70 bits per heavy atom. The number of nitrogens with one attached hydrogen (secondary N) is 2. The van der Waals surface area contributed by atoms with Gasteiger partial charge in [0, 0.05) is 10.6 Å². The summed E-state index contributed by atoms with van der Waals surface area (Å²) >= 11 is 5.82. The van der Waals surface area contributed by atoms with Crippen LogP contribution in [0.2, 0.25) is 5.02 Å². The number of ether oxygens (including phenoxy) is 1.